The predicted octanol–water partition coefficient (Wildman–Crippen LogP) is 2.11. The molecule has 0 aliphatic rings. The highest BCUT2D eigenvalue weighted by Crippen LogP contribution is 2.20. The van der Waals surface area contributed by atoms with Crippen molar-refractivity contribution in [2.75, 3.05) is 18.5 Å². The lowest BCUT2D eigenvalue weighted by atomic mass is 9.93. The second-order valence-electron chi connectivity index (χ2n) is 4.42. The van der Waals surface area contributed by atoms with Gasteiger partial charge in [-0.15, -0.1) is 0 Å². The molecule has 1 rings (SSSR count). The van der Waals surface area contributed by atoms with Gasteiger partial charge in [-0.05, 0) is 26.7 Å². The van der Waals surface area contributed by atoms with E-state index in [1.807, 2.05) is 19.9 Å². The van der Waals surface area contributed by atoms with E-state index in [2.05, 4.69) is 29.1 Å². The van der Waals surface area contributed by atoms with Crippen LogP contribution in [0.2, 0.25) is 0 Å². The number of ether oxygens (including phenoxy) is 1. The molecule has 0 bridgehead atoms. The van der Waals surface area contributed by atoms with Gasteiger partial charge in [-0.1, -0.05) is 13.8 Å². The average molecular weight is 252 g/mol. The van der Waals surface area contributed by atoms with Crippen molar-refractivity contribution in [3.8, 4) is 5.88 Å². The molecule has 5 heteroatoms. The van der Waals surface area contributed by atoms with Gasteiger partial charge in [0.25, 0.3) is 0 Å². The van der Waals surface area contributed by atoms with Gasteiger partial charge in [0.15, 0.2) is 0 Å². The molecule has 0 saturated carbocycles. The number of nitrogens with one attached hydrogen (secondary N) is 1. The summed E-state index contributed by atoms with van der Waals surface area (Å²) < 4.78 is 5.42. The van der Waals surface area contributed by atoms with Crippen LogP contribution in [0.5, 0.6) is 5.88 Å². The molecule has 0 amide bonds. The Hall–Kier alpha value is -1.36. The highest BCUT2D eigenvalue weighted by atomic mass is 16.5. The molecule has 0 unspecified atom stereocenters. The second kappa shape index (κ2) is 6.54. The molecule has 5 nitrogen and oxygen atoms in total. The molecule has 1 aromatic heterocycles. The van der Waals surface area contributed by atoms with E-state index >= 15 is 0 Å². The van der Waals surface area contributed by atoms with Crippen molar-refractivity contribution in [1.82, 2.24) is 9.97 Å². The molecule has 0 atom stereocenters. The summed E-state index contributed by atoms with van der Waals surface area (Å²) >= 11 is 0. The second-order valence-corrected chi connectivity index (χ2v) is 4.42. The van der Waals surface area contributed by atoms with Crippen LogP contribution in [0.3, 0.4) is 0 Å². The molecular weight excluding hydrogens is 228 g/mol. The minimum absolute atomic E-state index is 0.142. The van der Waals surface area contributed by atoms with Crippen molar-refractivity contribution in [2.45, 2.75) is 46.1 Å². The lowest BCUT2D eigenvalue weighted by Crippen LogP contribution is -2.44. The Labute approximate surface area is 109 Å². The van der Waals surface area contributed by atoms with Crippen LogP contribution in [0.15, 0.2) is 6.07 Å². The van der Waals surface area contributed by atoms with Crippen LogP contribution in [0, 0.1) is 6.92 Å². The zero-order valence-corrected chi connectivity index (χ0v) is 11.8. The van der Waals surface area contributed by atoms with E-state index in [9.17, 15) is 0 Å². The molecule has 1 aromatic rings. The first-order valence-electron chi connectivity index (χ1n) is 6.55. The number of aryl methyl sites for hydroxylation is 1. The number of aromatic nitrogens is 2. The third-order valence-corrected chi connectivity index (χ3v) is 3.24. The molecular formula is C13H24N4O. The first-order valence-corrected chi connectivity index (χ1v) is 6.55. The number of hydrogen-bond acceptors (Lipinski definition) is 5. The Balaban J connectivity index is 2.95. The fourth-order valence-electron chi connectivity index (χ4n) is 1.82. The summed E-state index contributed by atoms with van der Waals surface area (Å²) in [5.74, 6) is 1.19. The van der Waals surface area contributed by atoms with Gasteiger partial charge in [0, 0.05) is 18.3 Å². The number of hydrogen-bond donors (Lipinski definition) is 2. The van der Waals surface area contributed by atoms with E-state index in [0.29, 0.717) is 25.0 Å². The van der Waals surface area contributed by atoms with Crippen LogP contribution in [0.25, 0.3) is 0 Å². The quantitative estimate of drug-likeness (QED) is 0.777. The number of rotatable bonds is 7. The van der Waals surface area contributed by atoms with E-state index in [0.717, 1.165) is 18.5 Å². The maximum absolute atomic E-state index is 5.86. The lowest BCUT2D eigenvalue weighted by molar-refractivity contribution is 0.325. The van der Waals surface area contributed by atoms with Crippen LogP contribution < -0.4 is 15.8 Å². The van der Waals surface area contributed by atoms with Crippen molar-refractivity contribution in [3.63, 3.8) is 0 Å². The standard InChI is InChI=1S/C13H24N4O/c1-5-13(6-2,9-14)17-12-15-10(4)8-11(16-12)18-7-3/h8H,5-7,9,14H2,1-4H3,(H,15,16,17). The summed E-state index contributed by atoms with van der Waals surface area (Å²) in [6.07, 6.45) is 1.86. The van der Waals surface area contributed by atoms with E-state index in [-0.39, 0.29) is 5.54 Å². The van der Waals surface area contributed by atoms with Gasteiger partial charge in [-0.3, -0.25) is 0 Å². The molecule has 0 fully saturated rings. The monoisotopic (exact) mass is 252 g/mol. The van der Waals surface area contributed by atoms with Crippen molar-refractivity contribution in [1.29, 1.82) is 0 Å². The van der Waals surface area contributed by atoms with Gasteiger partial charge < -0.3 is 15.8 Å². The van der Waals surface area contributed by atoms with E-state index in [4.69, 9.17) is 10.5 Å². The molecule has 0 radical (unpaired) electrons. The van der Waals surface area contributed by atoms with Gasteiger partial charge in [-0.2, -0.15) is 4.98 Å². The van der Waals surface area contributed by atoms with E-state index < -0.39 is 0 Å². The third kappa shape index (κ3) is 3.57. The zero-order valence-electron chi connectivity index (χ0n) is 11.8. The topological polar surface area (TPSA) is 73.1 Å². The molecule has 0 aliphatic carbocycles. The number of nitrogens with two attached hydrogens (primary N) is 1. The summed E-state index contributed by atoms with van der Waals surface area (Å²) in [5.41, 5.74) is 6.60. The van der Waals surface area contributed by atoms with Crippen molar-refractivity contribution < 1.29 is 4.74 Å². The maximum Gasteiger partial charge on any atom is 0.226 e. The SMILES string of the molecule is CCOc1cc(C)nc(NC(CC)(CC)CN)n1. The Morgan fingerprint density at radius 1 is 1.28 bits per heavy atom. The minimum atomic E-state index is -0.142. The summed E-state index contributed by atoms with van der Waals surface area (Å²) in [4.78, 5) is 8.74. The van der Waals surface area contributed by atoms with Gasteiger partial charge in [-0.25, -0.2) is 4.98 Å². The zero-order chi connectivity index (χ0) is 13.6. The maximum atomic E-state index is 5.86. The number of nitrogens with zero attached hydrogens (tertiary/aromatic N) is 2. The summed E-state index contributed by atoms with van der Waals surface area (Å²) in [6, 6.07) is 1.83. The molecule has 1 heterocycles. The summed E-state index contributed by atoms with van der Waals surface area (Å²) in [6.45, 7) is 9.25. The molecule has 0 saturated heterocycles. The number of anilines is 1. The molecule has 102 valence electrons. The molecule has 0 aliphatic heterocycles. The van der Waals surface area contributed by atoms with Gasteiger partial charge in [0.05, 0.1) is 12.1 Å². The minimum Gasteiger partial charge on any atom is -0.478 e. The van der Waals surface area contributed by atoms with E-state index in [1.54, 1.807) is 0 Å². The fraction of sp³-hybridized carbons (Fsp3) is 0.692. The smallest absolute Gasteiger partial charge is 0.226 e. The van der Waals surface area contributed by atoms with Crippen molar-refractivity contribution in [2.24, 2.45) is 5.73 Å². The third-order valence-electron chi connectivity index (χ3n) is 3.24. The summed E-state index contributed by atoms with van der Waals surface area (Å²) in [7, 11) is 0. The average Bonchev–Trinajstić information content (AvgIpc) is 2.36. The molecule has 18 heavy (non-hydrogen) atoms. The van der Waals surface area contributed by atoms with Crippen LogP contribution in [-0.2, 0) is 0 Å². The van der Waals surface area contributed by atoms with Crippen molar-refractivity contribution in [3.05, 3.63) is 11.8 Å². The van der Waals surface area contributed by atoms with Crippen LogP contribution >= 0.6 is 0 Å². The van der Waals surface area contributed by atoms with Crippen LogP contribution in [0.4, 0.5) is 5.95 Å². The lowest BCUT2D eigenvalue weighted by Gasteiger charge is -2.31. The Bertz CT molecular complexity index is 369. The van der Waals surface area contributed by atoms with Crippen molar-refractivity contribution >= 4 is 5.95 Å². The van der Waals surface area contributed by atoms with Gasteiger partial charge in [0.1, 0.15) is 0 Å². The predicted molar refractivity (Wildman–Crippen MR) is 73.9 cm³/mol. The normalized spacial score (nSPS) is 11.4. The first-order chi connectivity index (χ1) is 8.59. The Morgan fingerprint density at radius 2 is 1.94 bits per heavy atom. The first kappa shape index (κ1) is 14.7. The van der Waals surface area contributed by atoms with Crippen LogP contribution in [-0.4, -0.2) is 28.7 Å². The fourth-order valence-corrected chi connectivity index (χ4v) is 1.82. The highest BCUT2D eigenvalue weighted by Gasteiger charge is 2.25. The largest absolute Gasteiger partial charge is 0.478 e. The Kier molecular flexibility index (Phi) is 5.34. The Morgan fingerprint density at radius 3 is 2.44 bits per heavy atom. The highest BCUT2D eigenvalue weighted by molar-refractivity contribution is 5.34. The summed E-state index contributed by atoms with van der Waals surface area (Å²) in [5, 5.41) is 3.35. The molecule has 3 N–H and O–H groups in total. The molecule has 0 aromatic carbocycles. The van der Waals surface area contributed by atoms with Gasteiger partial charge >= 0.3 is 0 Å². The molecule has 0 spiro atoms. The van der Waals surface area contributed by atoms with E-state index in [1.165, 1.54) is 0 Å². The van der Waals surface area contributed by atoms with Crippen LogP contribution in [0.1, 0.15) is 39.3 Å². The van der Waals surface area contributed by atoms with Gasteiger partial charge in [0.2, 0.25) is 11.8 Å².